The summed E-state index contributed by atoms with van der Waals surface area (Å²) < 4.78 is 0. The first kappa shape index (κ1) is 15.0. The fourth-order valence-electron chi connectivity index (χ4n) is 2.58. The number of hydrogen-bond acceptors (Lipinski definition) is 3. The number of rotatable bonds is 3. The highest BCUT2D eigenvalue weighted by molar-refractivity contribution is 6.34. The summed E-state index contributed by atoms with van der Waals surface area (Å²) in [5.74, 6) is -1.76. The highest BCUT2D eigenvalue weighted by Crippen LogP contribution is 2.32. The van der Waals surface area contributed by atoms with Crippen LogP contribution in [-0.4, -0.2) is 22.9 Å². The zero-order chi connectivity index (χ0) is 16.8. The Morgan fingerprint density at radius 3 is 2.04 bits per heavy atom. The first-order valence-electron chi connectivity index (χ1n) is 7.16. The quantitative estimate of drug-likeness (QED) is 0.885. The van der Waals surface area contributed by atoms with Crippen molar-refractivity contribution in [3.05, 3.63) is 65.2 Å². The van der Waals surface area contributed by atoms with Crippen LogP contribution in [-0.2, 0) is 10.2 Å². The number of benzene rings is 2. The number of aliphatic carboxylic acids is 1. The number of nitrogens with zero attached hydrogens (tertiary/aromatic N) is 1. The molecule has 0 bridgehead atoms. The van der Waals surface area contributed by atoms with Crippen LogP contribution in [0.4, 0.5) is 5.69 Å². The fraction of sp³-hybridized carbons (Fsp3) is 0.167. The number of carbonyl (C=O) groups is 3. The largest absolute Gasteiger partial charge is 0.481 e. The molecule has 0 atom stereocenters. The minimum Gasteiger partial charge on any atom is -0.481 e. The van der Waals surface area contributed by atoms with E-state index in [1.54, 1.807) is 62.4 Å². The van der Waals surface area contributed by atoms with Gasteiger partial charge in [0.2, 0.25) is 0 Å². The average Bonchev–Trinajstić information content (AvgIpc) is 2.79. The van der Waals surface area contributed by atoms with Crippen LogP contribution in [0.1, 0.15) is 40.1 Å². The van der Waals surface area contributed by atoms with Crippen LogP contribution in [0.15, 0.2) is 48.5 Å². The molecule has 0 aliphatic carbocycles. The Morgan fingerprint density at radius 2 is 1.52 bits per heavy atom. The first-order valence-corrected chi connectivity index (χ1v) is 7.16. The van der Waals surface area contributed by atoms with Crippen LogP contribution in [0.25, 0.3) is 0 Å². The molecule has 2 aromatic rings. The van der Waals surface area contributed by atoms with E-state index in [9.17, 15) is 19.5 Å². The van der Waals surface area contributed by atoms with E-state index in [0.717, 1.165) is 4.90 Å². The van der Waals surface area contributed by atoms with Crippen molar-refractivity contribution in [2.45, 2.75) is 19.3 Å². The van der Waals surface area contributed by atoms with Crippen LogP contribution >= 0.6 is 0 Å². The predicted octanol–water partition coefficient (Wildman–Crippen LogP) is 2.85. The van der Waals surface area contributed by atoms with Gasteiger partial charge >= 0.3 is 5.97 Å². The minimum atomic E-state index is -1.12. The van der Waals surface area contributed by atoms with Gasteiger partial charge in [0.05, 0.1) is 22.2 Å². The molecule has 0 aromatic heterocycles. The van der Waals surface area contributed by atoms with Gasteiger partial charge in [0.1, 0.15) is 0 Å². The summed E-state index contributed by atoms with van der Waals surface area (Å²) in [7, 11) is 0. The lowest BCUT2D eigenvalue weighted by atomic mass is 9.84. The smallest absolute Gasteiger partial charge is 0.313 e. The summed E-state index contributed by atoms with van der Waals surface area (Å²) in [6, 6.07) is 13.2. The van der Waals surface area contributed by atoms with Crippen molar-refractivity contribution in [1.82, 2.24) is 0 Å². The Labute approximate surface area is 133 Å². The minimum absolute atomic E-state index is 0.361. The van der Waals surface area contributed by atoms with Crippen molar-refractivity contribution < 1.29 is 19.5 Å². The third-order valence-corrected chi connectivity index (χ3v) is 4.15. The molecule has 2 amide bonds. The van der Waals surface area contributed by atoms with E-state index in [-0.39, 0.29) is 0 Å². The highest BCUT2D eigenvalue weighted by atomic mass is 16.4. The number of carboxylic acid groups (broad SMARTS) is 1. The molecule has 0 saturated heterocycles. The molecule has 23 heavy (non-hydrogen) atoms. The Balaban J connectivity index is 2.07. The molecule has 1 heterocycles. The molecule has 0 fully saturated rings. The van der Waals surface area contributed by atoms with E-state index < -0.39 is 23.2 Å². The van der Waals surface area contributed by atoms with Crippen LogP contribution in [0.3, 0.4) is 0 Å². The van der Waals surface area contributed by atoms with Crippen molar-refractivity contribution >= 4 is 23.5 Å². The summed E-state index contributed by atoms with van der Waals surface area (Å²) in [6.07, 6.45) is 0. The molecule has 1 aliphatic heterocycles. The van der Waals surface area contributed by atoms with Crippen LogP contribution < -0.4 is 4.90 Å². The number of imide groups is 1. The van der Waals surface area contributed by atoms with Gasteiger partial charge in [-0.05, 0) is 43.7 Å². The van der Waals surface area contributed by atoms with Gasteiger partial charge in [0.25, 0.3) is 11.8 Å². The molecular formula is C18H15NO4. The van der Waals surface area contributed by atoms with Crippen molar-refractivity contribution in [3.8, 4) is 0 Å². The van der Waals surface area contributed by atoms with E-state index in [4.69, 9.17) is 0 Å². The number of hydrogen-bond donors (Lipinski definition) is 1. The lowest BCUT2D eigenvalue weighted by Gasteiger charge is -2.22. The third kappa shape index (κ3) is 2.21. The van der Waals surface area contributed by atoms with Crippen LogP contribution in [0, 0.1) is 0 Å². The standard InChI is InChI=1S/C18H15NO4/c1-18(2,17(22)23)11-6-5-7-12(10-11)19-15(20)13-8-3-4-9-14(13)16(19)21/h3-10H,1-2H3,(H,22,23). The summed E-state index contributed by atoms with van der Waals surface area (Å²) >= 11 is 0. The second-order valence-corrected chi connectivity index (χ2v) is 5.97. The second-order valence-electron chi connectivity index (χ2n) is 5.97. The van der Waals surface area contributed by atoms with E-state index in [0.29, 0.717) is 22.4 Å². The fourth-order valence-corrected chi connectivity index (χ4v) is 2.58. The lowest BCUT2D eigenvalue weighted by molar-refractivity contribution is -0.142. The molecule has 0 radical (unpaired) electrons. The van der Waals surface area contributed by atoms with E-state index in [1.807, 2.05) is 0 Å². The molecule has 1 aliphatic rings. The molecule has 5 nitrogen and oxygen atoms in total. The lowest BCUT2D eigenvalue weighted by Crippen LogP contribution is -2.31. The second kappa shape index (κ2) is 5.05. The van der Waals surface area contributed by atoms with Crippen molar-refractivity contribution in [2.75, 3.05) is 4.90 Å². The molecule has 0 unspecified atom stereocenters. The Bertz CT molecular complexity index is 803. The summed E-state index contributed by atoms with van der Waals surface area (Å²) in [5.41, 5.74) is 0.511. The topological polar surface area (TPSA) is 74.7 Å². The monoisotopic (exact) mass is 309 g/mol. The van der Waals surface area contributed by atoms with Gasteiger partial charge in [-0.25, -0.2) is 4.90 Å². The Hall–Kier alpha value is -2.95. The average molecular weight is 309 g/mol. The van der Waals surface area contributed by atoms with Gasteiger partial charge in [0, 0.05) is 0 Å². The maximum Gasteiger partial charge on any atom is 0.313 e. The summed E-state index contributed by atoms with van der Waals surface area (Å²) in [5, 5.41) is 9.35. The number of carbonyl (C=O) groups excluding carboxylic acids is 2. The zero-order valence-electron chi connectivity index (χ0n) is 12.7. The summed E-state index contributed by atoms with van der Waals surface area (Å²) in [4.78, 5) is 37.5. The van der Waals surface area contributed by atoms with Gasteiger partial charge in [0.15, 0.2) is 0 Å². The van der Waals surface area contributed by atoms with Gasteiger partial charge < -0.3 is 5.11 Å². The van der Waals surface area contributed by atoms with Gasteiger partial charge in [-0.15, -0.1) is 0 Å². The number of anilines is 1. The number of amides is 2. The van der Waals surface area contributed by atoms with Gasteiger partial charge in [-0.1, -0.05) is 24.3 Å². The first-order chi connectivity index (χ1) is 10.8. The van der Waals surface area contributed by atoms with Crippen LogP contribution in [0.5, 0.6) is 0 Å². The SMILES string of the molecule is CC(C)(C(=O)O)c1cccc(N2C(=O)c3ccccc3C2=O)c1. The van der Waals surface area contributed by atoms with Crippen molar-refractivity contribution in [3.63, 3.8) is 0 Å². The van der Waals surface area contributed by atoms with Gasteiger partial charge in [-0.2, -0.15) is 0 Å². The Morgan fingerprint density at radius 1 is 0.957 bits per heavy atom. The molecule has 1 N–H and O–H groups in total. The van der Waals surface area contributed by atoms with Crippen LogP contribution in [0.2, 0.25) is 0 Å². The van der Waals surface area contributed by atoms with E-state index in [2.05, 4.69) is 0 Å². The summed E-state index contributed by atoms with van der Waals surface area (Å²) in [6.45, 7) is 3.16. The van der Waals surface area contributed by atoms with Crippen molar-refractivity contribution in [2.24, 2.45) is 0 Å². The molecule has 5 heteroatoms. The normalized spacial score (nSPS) is 14.1. The molecule has 116 valence electrons. The molecule has 0 saturated carbocycles. The maximum absolute atomic E-state index is 12.5. The van der Waals surface area contributed by atoms with Gasteiger partial charge in [-0.3, -0.25) is 14.4 Å². The zero-order valence-corrected chi connectivity index (χ0v) is 12.7. The third-order valence-electron chi connectivity index (χ3n) is 4.15. The predicted molar refractivity (Wildman–Crippen MR) is 84.7 cm³/mol. The molecule has 2 aromatic carbocycles. The molecular weight excluding hydrogens is 294 g/mol. The highest BCUT2D eigenvalue weighted by Gasteiger charge is 2.37. The van der Waals surface area contributed by atoms with Crippen molar-refractivity contribution in [1.29, 1.82) is 0 Å². The molecule has 0 spiro atoms. The maximum atomic E-state index is 12.5. The Kier molecular flexibility index (Phi) is 3.29. The number of fused-ring (bicyclic) bond motifs is 1. The van der Waals surface area contributed by atoms with E-state index >= 15 is 0 Å². The van der Waals surface area contributed by atoms with E-state index in [1.165, 1.54) is 0 Å². The number of carboxylic acids is 1. The molecule has 3 rings (SSSR count).